The summed E-state index contributed by atoms with van der Waals surface area (Å²) in [5.41, 5.74) is 6.35. The second-order valence-corrected chi connectivity index (χ2v) is 6.17. The van der Waals surface area contributed by atoms with Crippen LogP contribution < -0.4 is 5.73 Å². The van der Waals surface area contributed by atoms with Gasteiger partial charge in [0.2, 0.25) is 0 Å². The molecule has 1 atom stereocenters. The van der Waals surface area contributed by atoms with Gasteiger partial charge in [0.15, 0.2) is 0 Å². The molecule has 114 valence electrons. The third-order valence-electron chi connectivity index (χ3n) is 4.45. The van der Waals surface area contributed by atoms with Gasteiger partial charge >= 0.3 is 0 Å². The van der Waals surface area contributed by atoms with Gasteiger partial charge < -0.3 is 10.6 Å². The van der Waals surface area contributed by atoms with Crippen LogP contribution in [0.5, 0.6) is 0 Å². The lowest BCUT2D eigenvalue weighted by Crippen LogP contribution is -2.50. The number of hydrogen-bond acceptors (Lipinski definition) is 4. The first-order valence-corrected chi connectivity index (χ1v) is 7.77. The second-order valence-electron chi connectivity index (χ2n) is 6.17. The van der Waals surface area contributed by atoms with Gasteiger partial charge in [-0.1, -0.05) is 30.3 Å². The fourth-order valence-electron chi connectivity index (χ4n) is 2.84. The Morgan fingerprint density at radius 1 is 1.19 bits per heavy atom. The van der Waals surface area contributed by atoms with Crippen LogP contribution in [-0.4, -0.2) is 48.6 Å². The lowest BCUT2D eigenvalue weighted by Gasteiger charge is -2.37. The van der Waals surface area contributed by atoms with Crippen molar-refractivity contribution in [3.63, 3.8) is 0 Å². The minimum Gasteiger partial charge on any atom is -0.310 e. The molecule has 0 bridgehead atoms. The lowest BCUT2D eigenvalue weighted by molar-refractivity contribution is 0.104. The van der Waals surface area contributed by atoms with E-state index in [-0.39, 0.29) is 0 Å². The number of benzene rings is 1. The van der Waals surface area contributed by atoms with Gasteiger partial charge in [0.05, 0.1) is 6.07 Å². The monoisotopic (exact) mass is 286 g/mol. The van der Waals surface area contributed by atoms with E-state index < -0.39 is 5.54 Å². The first-order chi connectivity index (χ1) is 10.0. The Hall–Kier alpha value is -1.41. The zero-order valence-electron chi connectivity index (χ0n) is 13.1. The quantitative estimate of drug-likeness (QED) is 0.896. The van der Waals surface area contributed by atoms with E-state index in [1.807, 2.05) is 30.3 Å². The Kier molecular flexibility index (Phi) is 5.35. The van der Waals surface area contributed by atoms with Gasteiger partial charge in [-0.2, -0.15) is 5.26 Å². The summed E-state index contributed by atoms with van der Waals surface area (Å²) in [5, 5.41) is 9.48. The van der Waals surface area contributed by atoms with Crippen molar-refractivity contribution in [2.45, 2.75) is 31.8 Å². The number of nitrogens with zero attached hydrogens (tertiary/aromatic N) is 3. The fraction of sp³-hybridized carbons (Fsp3) is 0.588. The second kappa shape index (κ2) is 7.04. The van der Waals surface area contributed by atoms with Gasteiger partial charge in [-0.05, 0) is 25.8 Å². The molecule has 4 nitrogen and oxygen atoms in total. The molecule has 0 aromatic heterocycles. The third kappa shape index (κ3) is 4.04. The molecule has 2 rings (SSSR count). The highest BCUT2D eigenvalue weighted by atomic mass is 15.3. The SMILES string of the molecule is CC(C)N1CCN(CCC(N)(C#N)c2ccccc2)CC1. The van der Waals surface area contributed by atoms with E-state index in [4.69, 9.17) is 5.73 Å². The molecule has 0 radical (unpaired) electrons. The van der Waals surface area contributed by atoms with Gasteiger partial charge in [0, 0.05) is 38.8 Å². The standard InChI is InChI=1S/C17H26N4/c1-15(2)21-12-10-20(11-13-21)9-8-17(19,14-18)16-6-4-3-5-7-16/h3-7,15H,8-13,19H2,1-2H3. The smallest absolute Gasteiger partial charge is 0.131 e. The van der Waals surface area contributed by atoms with Crippen LogP contribution in [-0.2, 0) is 5.54 Å². The van der Waals surface area contributed by atoms with Crippen LogP contribution in [0.2, 0.25) is 0 Å². The van der Waals surface area contributed by atoms with Gasteiger partial charge in [0.25, 0.3) is 0 Å². The third-order valence-corrected chi connectivity index (χ3v) is 4.45. The van der Waals surface area contributed by atoms with Crippen LogP contribution in [0.4, 0.5) is 0 Å². The fourth-order valence-corrected chi connectivity index (χ4v) is 2.84. The summed E-state index contributed by atoms with van der Waals surface area (Å²) in [4.78, 5) is 4.91. The minimum absolute atomic E-state index is 0.615. The molecule has 0 spiro atoms. The van der Waals surface area contributed by atoms with E-state index in [9.17, 15) is 5.26 Å². The van der Waals surface area contributed by atoms with E-state index in [0.29, 0.717) is 12.5 Å². The van der Waals surface area contributed by atoms with E-state index >= 15 is 0 Å². The van der Waals surface area contributed by atoms with Gasteiger partial charge in [0.1, 0.15) is 5.54 Å². The molecular formula is C17H26N4. The summed E-state index contributed by atoms with van der Waals surface area (Å²) in [6.07, 6.45) is 0.676. The van der Waals surface area contributed by atoms with Gasteiger partial charge in [-0.25, -0.2) is 0 Å². The average molecular weight is 286 g/mol. The van der Waals surface area contributed by atoms with Crippen LogP contribution >= 0.6 is 0 Å². The summed E-state index contributed by atoms with van der Waals surface area (Å²) < 4.78 is 0. The predicted molar refractivity (Wildman–Crippen MR) is 85.7 cm³/mol. The molecule has 0 amide bonds. The van der Waals surface area contributed by atoms with E-state index in [2.05, 4.69) is 29.7 Å². The van der Waals surface area contributed by atoms with Gasteiger partial charge in [-0.15, -0.1) is 0 Å². The number of hydrogen-bond donors (Lipinski definition) is 1. The first kappa shape index (κ1) is 16.0. The van der Waals surface area contributed by atoms with Crippen molar-refractivity contribution in [1.82, 2.24) is 9.80 Å². The molecule has 2 N–H and O–H groups in total. The summed E-state index contributed by atoms with van der Waals surface area (Å²) in [6, 6.07) is 12.6. The van der Waals surface area contributed by atoms with E-state index in [1.54, 1.807) is 0 Å². The summed E-state index contributed by atoms with van der Waals surface area (Å²) in [6.45, 7) is 9.70. The molecular weight excluding hydrogens is 260 g/mol. The average Bonchev–Trinajstić information content (AvgIpc) is 2.54. The van der Waals surface area contributed by atoms with Crippen molar-refractivity contribution < 1.29 is 0 Å². The summed E-state index contributed by atoms with van der Waals surface area (Å²) in [7, 11) is 0. The molecule has 0 saturated carbocycles. The molecule has 1 aliphatic heterocycles. The van der Waals surface area contributed by atoms with Crippen molar-refractivity contribution in [2.75, 3.05) is 32.7 Å². The minimum atomic E-state index is -0.879. The normalized spacial score (nSPS) is 20.1. The van der Waals surface area contributed by atoms with Crippen molar-refractivity contribution in [3.05, 3.63) is 35.9 Å². The molecule has 4 heteroatoms. The Morgan fingerprint density at radius 2 is 1.81 bits per heavy atom. The summed E-state index contributed by atoms with van der Waals surface area (Å²) in [5.74, 6) is 0. The van der Waals surface area contributed by atoms with Crippen molar-refractivity contribution >= 4 is 0 Å². The molecule has 1 aromatic carbocycles. The van der Waals surface area contributed by atoms with Crippen LogP contribution in [0.25, 0.3) is 0 Å². The largest absolute Gasteiger partial charge is 0.310 e. The molecule has 1 aliphatic rings. The number of nitrogens with two attached hydrogens (primary N) is 1. The molecule has 0 aliphatic carbocycles. The molecule has 1 fully saturated rings. The maximum absolute atomic E-state index is 9.48. The zero-order valence-corrected chi connectivity index (χ0v) is 13.1. The Labute approximate surface area is 128 Å². The van der Waals surface area contributed by atoms with E-state index in [0.717, 1.165) is 38.3 Å². The van der Waals surface area contributed by atoms with E-state index in [1.165, 1.54) is 0 Å². The van der Waals surface area contributed by atoms with Crippen LogP contribution in [0.15, 0.2) is 30.3 Å². The van der Waals surface area contributed by atoms with Gasteiger partial charge in [-0.3, -0.25) is 4.90 Å². The number of nitriles is 1. The Morgan fingerprint density at radius 3 is 2.33 bits per heavy atom. The highest BCUT2D eigenvalue weighted by Gasteiger charge is 2.28. The zero-order chi connectivity index (χ0) is 15.3. The predicted octanol–water partition coefficient (Wildman–Crippen LogP) is 1.78. The molecule has 1 saturated heterocycles. The first-order valence-electron chi connectivity index (χ1n) is 7.77. The Bertz CT molecular complexity index is 471. The molecule has 1 aromatic rings. The Balaban J connectivity index is 1.89. The highest BCUT2D eigenvalue weighted by Crippen LogP contribution is 2.22. The number of piperazine rings is 1. The number of rotatable bonds is 5. The maximum Gasteiger partial charge on any atom is 0.131 e. The maximum atomic E-state index is 9.48. The molecule has 1 heterocycles. The van der Waals surface area contributed by atoms with Crippen molar-refractivity contribution in [2.24, 2.45) is 5.73 Å². The highest BCUT2D eigenvalue weighted by molar-refractivity contribution is 5.30. The van der Waals surface area contributed by atoms with Crippen molar-refractivity contribution in [1.29, 1.82) is 5.26 Å². The lowest BCUT2D eigenvalue weighted by atomic mass is 9.89. The van der Waals surface area contributed by atoms with Crippen LogP contribution in [0.1, 0.15) is 25.8 Å². The summed E-state index contributed by atoms with van der Waals surface area (Å²) >= 11 is 0. The van der Waals surface area contributed by atoms with Crippen LogP contribution in [0, 0.1) is 11.3 Å². The van der Waals surface area contributed by atoms with Crippen LogP contribution in [0.3, 0.4) is 0 Å². The van der Waals surface area contributed by atoms with Crippen molar-refractivity contribution in [3.8, 4) is 6.07 Å². The molecule has 1 unspecified atom stereocenters. The molecule has 21 heavy (non-hydrogen) atoms. The topological polar surface area (TPSA) is 56.3 Å².